The van der Waals surface area contributed by atoms with E-state index in [2.05, 4.69) is 0 Å². The average Bonchev–Trinajstić information content (AvgIpc) is 0.789. The lowest BCUT2D eigenvalue weighted by molar-refractivity contribution is -0.384. The highest BCUT2D eigenvalue weighted by Gasteiger charge is 2.30. The second-order valence-corrected chi connectivity index (χ2v) is 31.8. The molecule has 105 heavy (non-hydrogen) atoms. The normalized spacial score (nSPS) is 11.0. The number of hydrogen-bond donors (Lipinski definition) is 8. The Labute approximate surface area is 692 Å². The standard InChI is InChI=1S/C24H12Cl8N2S.C24H14Cl4N4O4S.C24H18Cl4N4S/c25-13-5-9(33)1-3-11(13)19-15(27)7-17(29)23(21(19)31)35-24-18(30)8-16(28)20(22(24)32)12-4-2-10(34)6-14(12)26;25-15-9-11(29)1-3-13(15)21-17(31(33)34)5-7-19(23(21)27)37-20-8-6-18(32(35)36)22(24(20)28)14-4-2-12(30)10-16(14)26;25-15-5-7-19(23(31)21(15)13-3-1-11(29)9-17(13)27)33-20-8-6-16(26)22(24(20)32)14-4-2-12(30)10-18(14)28/h1-8H,33-34H2;1-10H,29-30H2;1-10H,29-32H2. The van der Waals surface area contributed by atoms with E-state index in [0.717, 1.165) is 21.6 Å². The van der Waals surface area contributed by atoms with Crippen molar-refractivity contribution in [2.45, 2.75) is 29.4 Å². The van der Waals surface area contributed by atoms with Crippen LogP contribution in [0.1, 0.15) is 0 Å². The molecule has 0 radical (unpaired) electrons. The van der Waals surface area contributed by atoms with E-state index in [1.54, 1.807) is 121 Å². The van der Waals surface area contributed by atoms with Gasteiger partial charge in [0.15, 0.2) is 0 Å². The Balaban J connectivity index is 0.000000169. The van der Waals surface area contributed by atoms with Gasteiger partial charge in [0.1, 0.15) is 0 Å². The van der Waals surface area contributed by atoms with E-state index in [9.17, 15) is 20.2 Å². The lowest BCUT2D eigenvalue weighted by Gasteiger charge is -2.18. The lowest BCUT2D eigenvalue weighted by Crippen LogP contribution is -1.98. The number of nitrogen functional groups attached to an aromatic ring is 8. The highest BCUT2D eigenvalue weighted by molar-refractivity contribution is 8.00. The fourth-order valence-corrected chi connectivity index (χ4v) is 18.6. The number of nitro benzene ring substituents is 2. The second-order valence-electron chi connectivity index (χ2n) is 22.2. The number of rotatable bonds is 14. The molecule has 33 heteroatoms. The molecule has 0 bridgehead atoms. The predicted octanol–water partition coefficient (Wildman–Crippen LogP) is 28.4. The fourth-order valence-electron chi connectivity index (χ4n) is 10.5. The number of nitrogens with two attached hydrogens (primary N) is 8. The van der Waals surface area contributed by atoms with Gasteiger partial charge < -0.3 is 45.9 Å². The largest absolute Gasteiger partial charge is 0.399 e. The number of nitro groups is 2. The summed E-state index contributed by atoms with van der Waals surface area (Å²) in [6, 6.07) is 45.5. The van der Waals surface area contributed by atoms with Gasteiger partial charge in [-0.2, -0.15) is 0 Å². The molecular formula is C72H44Cl16N10O4S3. The summed E-state index contributed by atoms with van der Waals surface area (Å²) < 4.78 is 0. The fraction of sp³-hybridized carbons (Fsp3) is 0. The first-order valence-electron chi connectivity index (χ1n) is 29.5. The maximum absolute atomic E-state index is 11.8. The van der Waals surface area contributed by atoms with Crippen LogP contribution in [0.3, 0.4) is 0 Å². The van der Waals surface area contributed by atoms with Crippen molar-refractivity contribution >= 4 is 278 Å². The molecule has 0 aliphatic carbocycles. The summed E-state index contributed by atoms with van der Waals surface area (Å²) in [5, 5.41) is 28.4. The van der Waals surface area contributed by atoms with Crippen LogP contribution in [0.4, 0.5) is 56.9 Å². The minimum atomic E-state index is -0.567. The predicted molar refractivity (Wildman–Crippen MR) is 452 cm³/mol. The van der Waals surface area contributed by atoms with Crippen LogP contribution in [0.15, 0.2) is 199 Å². The van der Waals surface area contributed by atoms with Gasteiger partial charge in [0.2, 0.25) is 0 Å². The Bertz CT molecular complexity index is 5220. The van der Waals surface area contributed by atoms with Crippen LogP contribution >= 0.6 is 221 Å². The van der Waals surface area contributed by atoms with E-state index in [1.807, 2.05) is 12.1 Å². The van der Waals surface area contributed by atoms with E-state index in [-0.39, 0.29) is 52.6 Å². The van der Waals surface area contributed by atoms with Crippen molar-refractivity contribution in [1.82, 2.24) is 0 Å². The monoisotopic (exact) mass is 1770 g/mol. The van der Waals surface area contributed by atoms with Crippen LogP contribution in [-0.2, 0) is 0 Å². The molecular weight excluding hydrogens is 1730 g/mol. The summed E-state index contributed by atoms with van der Waals surface area (Å²) >= 11 is 108. The summed E-state index contributed by atoms with van der Waals surface area (Å²) in [4.78, 5) is 25.7. The van der Waals surface area contributed by atoms with Crippen molar-refractivity contribution in [3.05, 3.63) is 270 Å². The molecule has 0 saturated heterocycles. The molecule has 536 valence electrons. The van der Waals surface area contributed by atoms with Crippen molar-refractivity contribution in [1.29, 1.82) is 0 Å². The van der Waals surface area contributed by atoms with Gasteiger partial charge in [-0.25, -0.2) is 0 Å². The highest BCUT2D eigenvalue weighted by Crippen LogP contribution is 2.56. The van der Waals surface area contributed by atoms with Crippen LogP contribution in [0.5, 0.6) is 0 Å². The summed E-state index contributed by atoms with van der Waals surface area (Å²) in [7, 11) is 0. The summed E-state index contributed by atoms with van der Waals surface area (Å²) in [6.45, 7) is 0. The lowest BCUT2D eigenvalue weighted by atomic mass is 10.0. The minimum absolute atomic E-state index is 0.0485. The van der Waals surface area contributed by atoms with Gasteiger partial charge in [0, 0.05) is 121 Å². The number of benzene rings is 12. The van der Waals surface area contributed by atoms with Crippen LogP contribution in [0.25, 0.3) is 66.8 Å². The Hall–Kier alpha value is -6.47. The second kappa shape index (κ2) is 34.4. The Kier molecular flexibility index (Phi) is 26.6. The number of anilines is 8. The zero-order chi connectivity index (χ0) is 76.5. The maximum Gasteiger partial charge on any atom is 0.278 e. The van der Waals surface area contributed by atoms with E-state index >= 15 is 0 Å². The van der Waals surface area contributed by atoms with Crippen molar-refractivity contribution < 1.29 is 9.85 Å². The van der Waals surface area contributed by atoms with Gasteiger partial charge >= 0.3 is 0 Å². The van der Waals surface area contributed by atoms with Crippen LogP contribution in [-0.4, -0.2) is 9.85 Å². The van der Waals surface area contributed by atoms with E-state index < -0.39 is 9.85 Å². The zero-order valence-electron chi connectivity index (χ0n) is 52.6. The Morgan fingerprint density at radius 3 is 0.752 bits per heavy atom. The molecule has 0 aromatic heterocycles. The highest BCUT2D eigenvalue weighted by atomic mass is 35.5. The topological polar surface area (TPSA) is 294 Å². The Morgan fingerprint density at radius 2 is 0.486 bits per heavy atom. The molecule has 0 aliphatic rings. The molecule has 12 rings (SSSR count). The Morgan fingerprint density at radius 1 is 0.238 bits per heavy atom. The third-order valence-electron chi connectivity index (χ3n) is 15.3. The number of hydrogen-bond acceptors (Lipinski definition) is 15. The molecule has 0 fully saturated rings. The smallest absolute Gasteiger partial charge is 0.278 e. The molecule has 16 N–H and O–H groups in total. The quantitative estimate of drug-likeness (QED) is 0.0285. The number of nitrogens with zero attached hydrogens (tertiary/aromatic N) is 2. The molecule has 14 nitrogen and oxygen atoms in total. The van der Waals surface area contributed by atoms with Gasteiger partial charge in [-0.3, -0.25) is 20.2 Å². The average molecular weight is 1780 g/mol. The third kappa shape index (κ3) is 17.8. The van der Waals surface area contributed by atoms with Gasteiger partial charge in [0.25, 0.3) is 11.4 Å². The molecule has 0 heterocycles. The van der Waals surface area contributed by atoms with Crippen LogP contribution in [0, 0.1) is 20.2 Å². The molecule has 0 saturated carbocycles. The molecule has 0 unspecified atom stereocenters. The SMILES string of the molecule is Nc1ccc(-c2c(Cl)cc(Cl)c(Sc3c(Cl)cc(Cl)c(-c4ccc(N)cc4Cl)c3Cl)c2Cl)c(Cl)c1.Nc1ccc(-c2c(Cl)ccc(Sc3ccc(Cl)c(-c4ccc(N)cc4Cl)c3N)c2N)c(Cl)c1.Nc1ccc(-c2c([N+](=O)[O-])ccc(Sc3ccc([N+](=O)[O-])c(-c4ccc(N)cc4Cl)c3Cl)c2Cl)c(Cl)c1. The summed E-state index contributed by atoms with van der Waals surface area (Å²) in [5.74, 6) is 0. The van der Waals surface area contributed by atoms with Crippen molar-refractivity contribution in [2.75, 3.05) is 45.9 Å². The molecule has 0 spiro atoms. The van der Waals surface area contributed by atoms with E-state index in [1.165, 1.54) is 59.9 Å². The van der Waals surface area contributed by atoms with Gasteiger partial charge in [0.05, 0.1) is 123 Å². The first-order valence-corrected chi connectivity index (χ1v) is 38.0. The maximum atomic E-state index is 11.8. The molecule has 12 aromatic carbocycles. The van der Waals surface area contributed by atoms with E-state index in [0.29, 0.717) is 171 Å². The molecule has 0 atom stereocenters. The molecule has 0 aliphatic heterocycles. The number of halogens is 16. The van der Waals surface area contributed by atoms with Crippen molar-refractivity contribution in [3.8, 4) is 66.8 Å². The van der Waals surface area contributed by atoms with Crippen LogP contribution in [0.2, 0.25) is 80.4 Å². The molecule has 12 aromatic rings. The zero-order valence-corrected chi connectivity index (χ0v) is 67.1. The third-order valence-corrected chi connectivity index (χ3v) is 24.8. The van der Waals surface area contributed by atoms with E-state index in [4.69, 9.17) is 231 Å². The first-order chi connectivity index (χ1) is 49.6. The molecule has 0 amide bonds. The summed E-state index contributed by atoms with van der Waals surface area (Å²) in [5.41, 5.74) is 56.9. The minimum Gasteiger partial charge on any atom is -0.399 e. The first kappa shape index (κ1) is 81.1. The van der Waals surface area contributed by atoms with Crippen molar-refractivity contribution in [3.63, 3.8) is 0 Å². The summed E-state index contributed by atoms with van der Waals surface area (Å²) in [6.07, 6.45) is 0. The van der Waals surface area contributed by atoms with Gasteiger partial charge in [-0.1, -0.05) is 257 Å². The van der Waals surface area contributed by atoms with Gasteiger partial charge in [-0.05, 0) is 121 Å². The van der Waals surface area contributed by atoms with Crippen LogP contribution < -0.4 is 45.9 Å². The van der Waals surface area contributed by atoms with Gasteiger partial charge in [-0.15, -0.1) is 0 Å². The van der Waals surface area contributed by atoms with Crippen molar-refractivity contribution in [2.24, 2.45) is 0 Å².